The minimum atomic E-state index is -0.653. The van der Waals surface area contributed by atoms with Crippen LogP contribution in [0.5, 0.6) is 0 Å². The molecule has 4 rings (SSSR count). The number of carbonyl (C=O) groups is 2. The average molecular weight is 437 g/mol. The van der Waals surface area contributed by atoms with Crippen molar-refractivity contribution < 1.29 is 19.1 Å². The minimum Gasteiger partial charge on any atom is -0.431 e. The number of hydrogen-bond donors (Lipinski definition) is 1. The van der Waals surface area contributed by atoms with Crippen LogP contribution in [0.1, 0.15) is 57.3 Å². The Balaban J connectivity index is 1.61. The van der Waals surface area contributed by atoms with Gasteiger partial charge in [-0.1, -0.05) is 63.6 Å². The van der Waals surface area contributed by atoms with Gasteiger partial charge in [0, 0.05) is 12.0 Å². The molecule has 1 aliphatic heterocycles. The zero-order valence-electron chi connectivity index (χ0n) is 19.0. The smallest absolute Gasteiger partial charge is 0.431 e. The van der Waals surface area contributed by atoms with E-state index < -0.39 is 18.3 Å². The normalized spacial score (nSPS) is 24.8. The van der Waals surface area contributed by atoms with Gasteiger partial charge in [0.2, 0.25) is 0 Å². The van der Waals surface area contributed by atoms with Crippen molar-refractivity contribution in [1.29, 1.82) is 0 Å². The van der Waals surface area contributed by atoms with Gasteiger partial charge in [-0.05, 0) is 48.3 Å². The van der Waals surface area contributed by atoms with Crippen LogP contribution in [-0.2, 0) is 15.9 Å². The van der Waals surface area contributed by atoms with E-state index in [2.05, 4.69) is 20.8 Å². The van der Waals surface area contributed by atoms with Crippen molar-refractivity contribution >= 4 is 23.6 Å². The maximum Gasteiger partial charge on any atom is 0.509 e. The van der Waals surface area contributed by atoms with E-state index in [0.717, 1.165) is 30.4 Å². The summed E-state index contributed by atoms with van der Waals surface area (Å²) in [5.74, 6) is 1.30. The lowest BCUT2D eigenvalue weighted by Crippen LogP contribution is -2.36. The molecule has 0 radical (unpaired) electrons. The predicted molar refractivity (Wildman–Crippen MR) is 124 cm³/mol. The van der Waals surface area contributed by atoms with Crippen LogP contribution in [0.4, 0.5) is 21.0 Å². The summed E-state index contributed by atoms with van der Waals surface area (Å²) in [6.45, 7) is 6.56. The van der Waals surface area contributed by atoms with Crippen LogP contribution in [0.25, 0.3) is 0 Å². The van der Waals surface area contributed by atoms with Gasteiger partial charge in [0.1, 0.15) is 12.2 Å². The Kier molecular flexibility index (Phi) is 6.40. The molecule has 1 heterocycles. The largest absolute Gasteiger partial charge is 0.509 e. The average Bonchev–Trinajstić information content (AvgIpc) is 2.88. The SMILES string of the molecule is CC(C)[C@@H]1CC[C@@H](C)C[C@H]1OC(=O)OC1Cc2ccccc2N(C(N)=O)c2ccccc21. The molecule has 0 saturated heterocycles. The molecule has 2 aromatic rings. The lowest BCUT2D eigenvalue weighted by atomic mass is 9.75. The van der Waals surface area contributed by atoms with E-state index in [4.69, 9.17) is 15.2 Å². The van der Waals surface area contributed by atoms with Crippen molar-refractivity contribution in [3.63, 3.8) is 0 Å². The standard InChI is InChI=1S/C26H32N2O4/c1-16(2)19-13-12-17(3)14-23(19)31-26(30)32-24-15-18-8-4-6-10-21(18)28(25(27)29)22-11-7-5-9-20(22)24/h4-11,16-17,19,23-24H,12-15H2,1-3H3,(H2,27,29)/t17-,19+,23-,24?/m1/s1. The number of primary amides is 1. The van der Waals surface area contributed by atoms with Gasteiger partial charge in [0.05, 0.1) is 11.4 Å². The molecule has 1 saturated carbocycles. The monoisotopic (exact) mass is 436 g/mol. The number of nitrogens with zero attached hydrogens (tertiary/aromatic N) is 1. The zero-order chi connectivity index (χ0) is 22.8. The summed E-state index contributed by atoms with van der Waals surface area (Å²) < 4.78 is 11.8. The third-order valence-electron chi connectivity index (χ3n) is 6.83. The number of benzene rings is 2. The Morgan fingerprint density at radius 2 is 1.69 bits per heavy atom. The van der Waals surface area contributed by atoms with E-state index in [1.54, 1.807) is 0 Å². The first-order valence-corrected chi connectivity index (χ1v) is 11.5. The van der Waals surface area contributed by atoms with Gasteiger partial charge in [-0.25, -0.2) is 9.59 Å². The molecule has 6 nitrogen and oxygen atoms in total. The third kappa shape index (κ3) is 4.45. The quantitative estimate of drug-likeness (QED) is 0.588. The van der Waals surface area contributed by atoms with Crippen molar-refractivity contribution in [3.05, 3.63) is 59.7 Å². The van der Waals surface area contributed by atoms with Gasteiger partial charge in [0.15, 0.2) is 0 Å². The summed E-state index contributed by atoms with van der Waals surface area (Å²) in [7, 11) is 0. The van der Waals surface area contributed by atoms with Gasteiger partial charge >= 0.3 is 12.2 Å². The van der Waals surface area contributed by atoms with Gasteiger partial charge in [0.25, 0.3) is 0 Å². The summed E-state index contributed by atoms with van der Waals surface area (Å²) >= 11 is 0. The van der Waals surface area contributed by atoms with Crippen molar-refractivity contribution in [2.45, 2.75) is 58.7 Å². The lowest BCUT2D eigenvalue weighted by Gasteiger charge is -2.36. The van der Waals surface area contributed by atoms with E-state index in [1.165, 1.54) is 4.90 Å². The van der Waals surface area contributed by atoms with E-state index in [-0.39, 0.29) is 6.10 Å². The fraction of sp³-hybridized carbons (Fsp3) is 0.462. The second kappa shape index (κ2) is 9.23. The molecule has 0 aromatic heterocycles. The molecule has 0 bridgehead atoms. The number of carbonyl (C=O) groups excluding carboxylic acids is 2. The highest BCUT2D eigenvalue weighted by Crippen LogP contribution is 2.42. The van der Waals surface area contributed by atoms with Crippen molar-refractivity contribution in [2.75, 3.05) is 4.90 Å². The second-order valence-electron chi connectivity index (χ2n) is 9.40. The second-order valence-corrected chi connectivity index (χ2v) is 9.40. The molecular formula is C26H32N2O4. The summed E-state index contributed by atoms with van der Waals surface area (Å²) in [4.78, 5) is 26.8. The number of nitrogens with two attached hydrogens (primary N) is 1. The van der Waals surface area contributed by atoms with Gasteiger partial charge in [-0.15, -0.1) is 0 Å². The van der Waals surface area contributed by atoms with E-state index in [1.807, 2.05) is 48.5 Å². The van der Waals surface area contributed by atoms with Gasteiger partial charge in [-0.2, -0.15) is 0 Å². The molecule has 4 atom stereocenters. The number of anilines is 2. The molecule has 2 aromatic carbocycles. The van der Waals surface area contributed by atoms with Crippen molar-refractivity contribution in [3.8, 4) is 0 Å². The van der Waals surface area contributed by atoms with Gasteiger partial charge < -0.3 is 15.2 Å². The first-order chi connectivity index (χ1) is 15.3. The molecular weight excluding hydrogens is 404 g/mol. The van der Waals surface area contributed by atoms with Crippen molar-refractivity contribution in [2.24, 2.45) is 23.5 Å². The molecule has 2 amide bonds. The molecule has 1 aliphatic carbocycles. The van der Waals surface area contributed by atoms with Crippen molar-refractivity contribution in [1.82, 2.24) is 0 Å². The Morgan fingerprint density at radius 3 is 2.41 bits per heavy atom. The van der Waals surface area contributed by atoms with Gasteiger partial charge in [-0.3, -0.25) is 4.90 Å². The van der Waals surface area contributed by atoms with Crippen LogP contribution in [0, 0.1) is 17.8 Å². The first kappa shape index (κ1) is 22.2. The molecule has 0 spiro atoms. The van der Waals surface area contributed by atoms with Crippen LogP contribution in [-0.4, -0.2) is 18.3 Å². The zero-order valence-corrected chi connectivity index (χ0v) is 19.0. The predicted octanol–water partition coefficient (Wildman–Crippen LogP) is 6.11. The molecule has 170 valence electrons. The number of hydrogen-bond acceptors (Lipinski definition) is 4. The molecule has 1 fully saturated rings. The Bertz CT molecular complexity index is 989. The lowest BCUT2D eigenvalue weighted by molar-refractivity contribution is -0.0456. The van der Waals surface area contributed by atoms with E-state index >= 15 is 0 Å². The molecule has 2 N–H and O–H groups in total. The highest BCUT2D eigenvalue weighted by atomic mass is 16.7. The molecule has 2 aliphatic rings. The Hall–Kier alpha value is -3.02. The van der Waals surface area contributed by atoms with Crippen LogP contribution in [0.15, 0.2) is 48.5 Å². The van der Waals surface area contributed by atoms with Crippen LogP contribution in [0.2, 0.25) is 0 Å². The highest BCUT2D eigenvalue weighted by molar-refractivity contribution is 6.00. The first-order valence-electron chi connectivity index (χ1n) is 11.5. The van der Waals surface area contributed by atoms with E-state index in [9.17, 15) is 9.59 Å². The molecule has 6 heteroatoms. The van der Waals surface area contributed by atoms with Crippen LogP contribution in [0.3, 0.4) is 0 Å². The number of amides is 2. The fourth-order valence-electron chi connectivity index (χ4n) is 5.16. The maximum absolute atomic E-state index is 13.0. The van der Waals surface area contributed by atoms with E-state index in [0.29, 0.717) is 35.5 Å². The number of para-hydroxylation sites is 2. The van der Waals surface area contributed by atoms with Crippen LogP contribution < -0.4 is 10.6 Å². The maximum atomic E-state index is 13.0. The number of fused-ring (bicyclic) bond motifs is 2. The summed E-state index contributed by atoms with van der Waals surface area (Å²) in [6, 6.07) is 14.4. The topological polar surface area (TPSA) is 81.9 Å². The summed E-state index contributed by atoms with van der Waals surface area (Å²) in [5, 5.41) is 0. The number of ether oxygens (including phenoxy) is 2. The fourth-order valence-corrected chi connectivity index (χ4v) is 5.16. The number of rotatable bonds is 3. The summed E-state index contributed by atoms with van der Waals surface area (Å²) in [5.41, 5.74) is 8.68. The van der Waals surface area contributed by atoms with Crippen LogP contribution >= 0.6 is 0 Å². The number of urea groups is 1. The Morgan fingerprint density at radius 1 is 1.00 bits per heavy atom. The molecule has 32 heavy (non-hydrogen) atoms. The summed E-state index contributed by atoms with van der Waals surface area (Å²) in [6.07, 6.45) is 2.14. The molecule has 1 unspecified atom stereocenters. The third-order valence-corrected chi connectivity index (χ3v) is 6.83. The highest BCUT2D eigenvalue weighted by Gasteiger charge is 2.36. The minimum absolute atomic E-state index is 0.137. The Labute approximate surface area is 189 Å².